The van der Waals surface area contributed by atoms with Gasteiger partial charge in [0.05, 0.1) is 0 Å². The lowest BCUT2D eigenvalue weighted by atomic mass is 10.0. The first kappa shape index (κ1) is 15.3. The molecule has 0 aliphatic rings. The first-order valence-corrected chi connectivity index (χ1v) is 8.33. The maximum absolute atomic E-state index is 3.63. The van der Waals surface area contributed by atoms with Crippen LogP contribution in [0.25, 0.3) is 0 Å². The highest BCUT2D eigenvalue weighted by molar-refractivity contribution is 7.12. The summed E-state index contributed by atoms with van der Waals surface area (Å²) in [7, 11) is 0. The Kier molecular flexibility index (Phi) is 5.38. The van der Waals surface area contributed by atoms with Gasteiger partial charge >= 0.3 is 0 Å². The molecule has 2 heteroatoms. The Labute approximate surface area is 127 Å². The first-order chi connectivity index (χ1) is 9.62. The fraction of sp³-hybridized carbons (Fsp3) is 0.444. The molecule has 0 radical (unpaired) electrons. The van der Waals surface area contributed by atoms with Gasteiger partial charge in [0.25, 0.3) is 0 Å². The maximum Gasteiger partial charge on any atom is 0.0455 e. The number of hydrogen-bond acceptors (Lipinski definition) is 2. The Balaban J connectivity index is 2.20. The number of nitrogens with one attached hydrogen (secondary N) is 1. The molecule has 2 rings (SSSR count). The van der Waals surface area contributed by atoms with Crippen LogP contribution in [0.5, 0.6) is 0 Å². The molecule has 0 fully saturated rings. The summed E-state index contributed by atoms with van der Waals surface area (Å²) in [6.07, 6.45) is 2.20. The molecule has 0 spiro atoms. The van der Waals surface area contributed by atoms with E-state index in [4.69, 9.17) is 0 Å². The summed E-state index contributed by atoms with van der Waals surface area (Å²) in [6, 6.07) is 11.9. The van der Waals surface area contributed by atoms with Crippen molar-refractivity contribution in [3.05, 3.63) is 56.8 Å². The Morgan fingerprint density at radius 3 is 2.30 bits per heavy atom. The molecule has 0 saturated carbocycles. The second-order valence-electron chi connectivity index (χ2n) is 5.47. The van der Waals surface area contributed by atoms with Crippen LogP contribution in [0.15, 0.2) is 30.3 Å². The number of aryl methyl sites for hydroxylation is 3. The number of hydrogen-bond donors (Lipinski definition) is 1. The highest BCUT2D eigenvalue weighted by Gasteiger charge is 2.13. The van der Waals surface area contributed by atoms with Crippen LogP contribution < -0.4 is 5.32 Å². The van der Waals surface area contributed by atoms with Gasteiger partial charge in [-0.2, -0.15) is 0 Å². The van der Waals surface area contributed by atoms with Crippen LogP contribution in [0.1, 0.15) is 46.3 Å². The van der Waals surface area contributed by atoms with Gasteiger partial charge in [0, 0.05) is 15.8 Å². The molecule has 1 unspecified atom stereocenters. The summed E-state index contributed by atoms with van der Waals surface area (Å²) in [5, 5.41) is 3.63. The Hall–Kier alpha value is -1.12. The van der Waals surface area contributed by atoms with Crippen LogP contribution in [0.2, 0.25) is 0 Å². The molecule has 0 bridgehead atoms. The van der Waals surface area contributed by atoms with Gasteiger partial charge in [0.15, 0.2) is 0 Å². The highest BCUT2D eigenvalue weighted by Crippen LogP contribution is 2.27. The molecule has 1 heterocycles. The van der Waals surface area contributed by atoms with Crippen molar-refractivity contribution in [2.75, 3.05) is 6.54 Å². The summed E-state index contributed by atoms with van der Waals surface area (Å²) in [4.78, 5) is 2.94. The van der Waals surface area contributed by atoms with E-state index in [1.807, 2.05) is 11.3 Å². The Morgan fingerprint density at radius 2 is 1.75 bits per heavy atom. The van der Waals surface area contributed by atoms with Crippen molar-refractivity contribution in [2.24, 2.45) is 0 Å². The number of rotatable bonds is 6. The minimum atomic E-state index is 0.437. The maximum atomic E-state index is 3.63. The van der Waals surface area contributed by atoms with Gasteiger partial charge in [0.1, 0.15) is 0 Å². The van der Waals surface area contributed by atoms with E-state index in [0.29, 0.717) is 6.04 Å². The Bertz CT molecular complexity index is 536. The van der Waals surface area contributed by atoms with Crippen molar-refractivity contribution < 1.29 is 0 Å². The highest BCUT2D eigenvalue weighted by atomic mass is 32.1. The first-order valence-electron chi connectivity index (χ1n) is 7.51. The molecule has 1 N–H and O–H groups in total. The van der Waals surface area contributed by atoms with Gasteiger partial charge in [-0.25, -0.2) is 0 Å². The lowest BCUT2D eigenvalue weighted by molar-refractivity contribution is 0.558. The molecule has 1 aromatic carbocycles. The molecule has 1 nitrogen and oxygen atoms in total. The van der Waals surface area contributed by atoms with E-state index < -0.39 is 0 Å². The average Bonchev–Trinajstić information content (AvgIpc) is 2.85. The molecule has 0 amide bonds. The molecule has 1 atom stereocenters. The average molecular weight is 287 g/mol. The zero-order valence-electron chi connectivity index (χ0n) is 13.0. The SMILES string of the molecule is CCNC(Cc1cc(C)cc(C)c1)c1ccc(CC)s1. The van der Waals surface area contributed by atoms with Crippen LogP contribution in [0.4, 0.5) is 0 Å². The molecule has 1 aromatic heterocycles. The standard InChI is InChI=1S/C18H25NS/c1-5-16-7-8-18(20-16)17(19-6-2)12-15-10-13(3)9-14(4)11-15/h7-11,17,19H,5-6,12H2,1-4H3. The predicted octanol–water partition coefficient (Wildman–Crippen LogP) is 4.82. The predicted molar refractivity (Wildman–Crippen MR) is 89.7 cm³/mol. The van der Waals surface area contributed by atoms with Gasteiger partial charge in [-0.3, -0.25) is 0 Å². The van der Waals surface area contributed by atoms with Crippen molar-refractivity contribution in [1.29, 1.82) is 0 Å². The minimum absolute atomic E-state index is 0.437. The molecule has 2 aromatic rings. The number of likely N-dealkylation sites (N-methyl/N-ethyl adjacent to an activating group) is 1. The monoisotopic (exact) mass is 287 g/mol. The third-order valence-electron chi connectivity index (χ3n) is 3.55. The van der Waals surface area contributed by atoms with Gasteiger partial charge < -0.3 is 5.32 Å². The summed E-state index contributed by atoms with van der Waals surface area (Å²) in [5.74, 6) is 0. The van der Waals surface area contributed by atoms with Crippen molar-refractivity contribution in [1.82, 2.24) is 5.32 Å². The van der Waals surface area contributed by atoms with E-state index in [1.54, 1.807) is 0 Å². The summed E-state index contributed by atoms with van der Waals surface area (Å²) in [6.45, 7) is 9.78. The molecule has 108 valence electrons. The minimum Gasteiger partial charge on any atom is -0.309 e. The fourth-order valence-electron chi connectivity index (χ4n) is 2.71. The molecule has 20 heavy (non-hydrogen) atoms. The topological polar surface area (TPSA) is 12.0 Å². The van der Waals surface area contributed by atoms with E-state index in [2.05, 4.69) is 63.3 Å². The molecule has 0 aliphatic heterocycles. The van der Waals surface area contributed by atoms with Crippen LogP contribution in [-0.2, 0) is 12.8 Å². The quantitative estimate of drug-likeness (QED) is 0.803. The third-order valence-corrected chi connectivity index (χ3v) is 4.89. The number of thiophene rings is 1. The number of benzene rings is 1. The van der Waals surface area contributed by atoms with Crippen LogP contribution >= 0.6 is 11.3 Å². The molecule has 0 saturated heterocycles. The lowest BCUT2D eigenvalue weighted by Crippen LogP contribution is -2.22. The third kappa shape index (κ3) is 3.94. The van der Waals surface area contributed by atoms with Gasteiger partial charge in [0.2, 0.25) is 0 Å². The fourth-order valence-corrected chi connectivity index (χ4v) is 3.74. The van der Waals surface area contributed by atoms with E-state index in [0.717, 1.165) is 19.4 Å². The molecular formula is C18H25NS. The van der Waals surface area contributed by atoms with E-state index in [1.165, 1.54) is 26.4 Å². The molecular weight excluding hydrogens is 262 g/mol. The normalized spacial score (nSPS) is 12.6. The zero-order valence-corrected chi connectivity index (χ0v) is 13.8. The largest absolute Gasteiger partial charge is 0.309 e. The van der Waals surface area contributed by atoms with Crippen molar-refractivity contribution in [2.45, 2.75) is 46.6 Å². The second kappa shape index (κ2) is 7.05. The summed E-state index contributed by atoms with van der Waals surface area (Å²) >= 11 is 1.95. The van der Waals surface area contributed by atoms with Gasteiger partial charge in [-0.05, 0) is 50.9 Å². The van der Waals surface area contributed by atoms with Crippen LogP contribution in [0.3, 0.4) is 0 Å². The van der Waals surface area contributed by atoms with Crippen LogP contribution in [0, 0.1) is 13.8 Å². The summed E-state index contributed by atoms with van der Waals surface area (Å²) < 4.78 is 0. The van der Waals surface area contributed by atoms with E-state index in [-0.39, 0.29) is 0 Å². The summed E-state index contributed by atoms with van der Waals surface area (Å²) in [5.41, 5.74) is 4.14. The lowest BCUT2D eigenvalue weighted by Gasteiger charge is -2.17. The van der Waals surface area contributed by atoms with Gasteiger partial charge in [-0.15, -0.1) is 11.3 Å². The van der Waals surface area contributed by atoms with Crippen molar-refractivity contribution in [3.8, 4) is 0 Å². The Morgan fingerprint density at radius 1 is 1.05 bits per heavy atom. The van der Waals surface area contributed by atoms with Crippen molar-refractivity contribution >= 4 is 11.3 Å². The van der Waals surface area contributed by atoms with Gasteiger partial charge in [-0.1, -0.05) is 43.2 Å². The van der Waals surface area contributed by atoms with E-state index >= 15 is 0 Å². The van der Waals surface area contributed by atoms with Crippen molar-refractivity contribution in [3.63, 3.8) is 0 Å². The zero-order chi connectivity index (χ0) is 14.5. The van der Waals surface area contributed by atoms with E-state index in [9.17, 15) is 0 Å². The smallest absolute Gasteiger partial charge is 0.0455 e. The molecule has 0 aliphatic carbocycles. The van der Waals surface area contributed by atoms with Crippen LogP contribution in [-0.4, -0.2) is 6.54 Å². The second-order valence-corrected chi connectivity index (χ2v) is 6.67.